The lowest BCUT2D eigenvalue weighted by atomic mass is 9.56. The SMILES string of the molecule is COc1ccc2c(c1)[C@@]13CCN(C)[C@@H](C2)C1=CCC1(C3)OCCO1. The Hall–Kier alpha value is -1.36. The van der Waals surface area contributed by atoms with E-state index in [-0.39, 0.29) is 5.41 Å². The molecule has 2 bridgehead atoms. The van der Waals surface area contributed by atoms with E-state index in [2.05, 4.69) is 36.2 Å². The lowest BCUT2D eigenvalue weighted by molar-refractivity contribution is -0.176. The molecule has 0 N–H and O–H groups in total. The van der Waals surface area contributed by atoms with E-state index in [4.69, 9.17) is 14.2 Å². The van der Waals surface area contributed by atoms with Crippen molar-refractivity contribution in [1.29, 1.82) is 0 Å². The molecule has 0 saturated carbocycles. The van der Waals surface area contributed by atoms with Crippen LogP contribution in [0.2, 0.25) is 0 Å². The zero-order valence-electron chi connectivity index (χ0n) is 14.5. The van der Waals surface area contributed by atoms with Crippen LogP contribution >= 0.6 is 0 Å². The summed E-state index contributed by atoms with van der Waals surface area (Å²) in [5, 5.41) is 0. The molecule has 1 aromatic rings. The van der Waals surface area contributed by atoms with Gasteiger partial charge in [0.1, 0.15) is 5.75 Å². The normalized spacial score (nSPS) is 33.8. The van der Waals surface area contributed by atoms with Gasteiger partial charge in [-0.3, -0.25) is 4.90 Å². The van der Waals surface area contributed by atoms with Crippen LogP contribution in [0.25, 0.3) is 0 Å². The molecule has 2 aliphatic heterocycles. The molecular weight excluding hydrogens is 302 g/mol. The number of likely N-dealkylation sites (N-methyl/N-ethyl adjacent to an activating group) is 1. The third-order valence-corrected chi connectivity index (χ3v) is 6.60. The highest BCUT2D eigenvalue weighted by Crippen LogP contribution is 2.57. The molecule has 128 valence electrons. The standard InChI is InChI=1S/C20H25NO3/c1-21-8-7-19-13-20(23-9-10-24-20)6-5-16(19)18(21)11-14-3-4-15(22-2)12-17(14)19/h3-5,12,18H,6-11,13H2,1-2H3/t18-,19+/m0/s1. The summed E-state index contributed by atoms with van der Waals surface area (Å²) in [6.07, 6.45) is 6.47. The highest BCUT2D eigenvalue weighted by atomic mass is 16.7. The monoisotopic (exact) mass is 327 g/mol. The maximum atomic E-state index is 6.10. The van der Waals surface area contributed by atoms with Crippen molar-refractivity contribution >= 4 is 0 Å². The Bertz CT molecular complexity index is 707. The van der Waals surface area contributed by atoms with Gasteiger partial charge < -0.3 is 14.2 Å². The van der Waals surface area contributed by atoms with Crippen molar-refractivity contribution in [2.75, 3.05) is 33.9 Å². The zero-order valence-corrected chi connectivity index (χ0v) is 14.5. The number of ether oxygens (including phenoxy) is 3. The number of likely N-dealkylation sites (tertiary alicyclic amines) is 1. The van der Waals surface area contributed by atoms with Gasteiger partial charge in [-0.25, -0.2) is 0 Å². The first-order chi connectivity index (χ1) is 11.7. The fourth-order valence-electron chi connectivity index (χ4n) is 5.43. The molecule has 0 radical (unpaired) electrons. The molecule has 1 spiro atoms. The molecule has 2 atom stereocenters. The lowest BCUT2D eigenvalue weighted by Gasteiger charge is -2.56. The van der Waals surface area contributed by atoms with Gasteiger partial charge in [0.05, 0.1) is 20.3 Å². The number of methoxy groups -OCH3 is 1. The van der Waals surface area contributed by atoms with Crippen molar-refractivity contribution in [2.45, 2.75) is 42.9 Å². The third-order valence-electron chi connectivity index (χ3n) is 6.60. The van der Waals surface area contributed by atoms with Crippen molar-refractivity contribution in [3.63, 3.8) is 0 Å². The Kier molecular flexibility index (Phi) is 3.16. The summed E-state index contributed by atoms with van der Waals surface area (Å²) in [6, 6.07) is 7.13. The summed E-state index contributed by atoms with van der Waals surface area (Å²) in [7, 11) is 4.01. The maximum absolute atomic E-state index is 6.10. The number of benzene rings is 1. The van der Waals surface area contributed by atoms with Crippen molar-refractivity contribution < 1.29 is 14.2 Å². The summed E-state index contributed by atoms with van der Waals surface area (Å²) in [6.45, 7) is 2.55. The van der Waals surface area contributed by atoms with Gasteiger partial charge in [0, 0.05) is 24.3 Å². The molecule has 0 unspecified atom stereocenters. The lowest BCUT2D eigenvalue weighted by Crippen LogP contribution is -2.58. The van der Waals surface area contributed by atoms with Crippen LogP contribution < -0.4 is 4.74 Å². The van der Waals surface area contributed by atoms with Gasteiger partial charge in [0.2, 0.25) is 0 Å². The summed E-state index contributed by atoms with van der Waals surface area (Å²) in [5.41, 5.74) is 4.53. The molecule has 0 amide bonds. The summed E-state index contributed by atoms with van der Waals surface area (Å²) < 4.78 is 17.7. The van der Waals surface area contributed by atoms with Crippen LogP contribution in [0.3, 0.4) is 0 Å². The minimum Gasteiger partial charge on any atom is -0.497 e. The van der Waals surface area contributed by atoms with E-state index < -0.39 is 5.79 Å². The van der Waals surface area contributed by atoms with E-state index in [9.17, 15) is 0 Å². The molecule has 4 aliphatic rings. The first-order valence-electron chi connectivity index (χ1n) is 9.02. The van der Waals surface area contributed by atoms with Gasteiger partial charge >= 0.3 is 0 Å². The first kappa shape index (κ1) is 14.9. The van der Waals surface area contributed by atoms with Crippen LogP contribution in [0.1, 0.15) is 30.4 Å². The topological polar surface area (TPSA) is 30.9 Å². The number of hydrogen-bond donors (Lipinski definition) is 0. The third kappa shape index (κ3) is 1.91. The van der Waals surface area contributed by atoms with Crippen LogP contribution in [0.5, 0.6) is 5.75 Å². The van der Waals surface area contributed by atoms with Gasteiger partial charge in [-0.05, 0) is 55.3 Å². The number of rotatable bonds is 1. The number of nitrogens with zero attached hydrogens (tertiary/aromatic N) is 1. The highest BCUT2D eigenvalue weighted by molar-refractivity contribution is 5.54. The second-order valence-corrected chi connectivity index (χ2v) is 7.70. The van der Waals surface area contributed by atoms with Gasteiger partial charge in [0.15, 0.2) is 5.79 Å². The second kappa shape index (κ2) is 5.07. The quantitative estimate of drug-likeness (QED) is 0.742. The Balaban J connectivity index is 1.70. The molecule has 2 saturated heterocycles. The molecule has 2 heterocycles. The molecule has 2 aliphatic carbocycles. The largest absolute Gasteiger partial charge is 0.497 e. The van der Waals surface area contributed by atoms with Gasteiger partial charge in [-0.1, -0.05) is 12.1 Å². The Labute approximate surface area is 143 Å². The fraction of sp³-hybridized carbons (Fsp3) is 0.600. The number of piperidine rings is 1. The molecular formula is C20H25NO3. The van der Waals surface area contributed by atoms with E-state index in [1.807, 2.05) is 0 Å². The number of fused-ring (bicyclic) bond motifs is 1. The predicted molar refractivity (Wildman–Crippen MR) is 91.4 cm³/mol. The molecule has 5 rings (SSSR count). The summed E-state index contributed by atoms with van der Waals surface area (Å²) in [4.78, 5) is 2.52. The molecule has 24 heavy (non-hydrogen) atoms. The minimum atomic E-state index is -0.415. The Morgan fingerprint density at radius 1 is 1.25 bits per heavy atom. The number of hydrogen-bond acceptors (Lipinski definition) is 4. The van der Waals surface area contributed by atoms with Crippen LogP contribution in [-0.2, 0) is 21.3 Å². The predicted octanol–water partition coefficient (Wildman–Crippen LogP) is 2.66. The van der Waals surface area contributed by atoms with E-state index in [0.29, 0.717) is 19.3 Å². The molecule has 4 heteroatoms. The van der Waals surface area contributed by atoms with Crippen LogP contribution in [-0.4, -0.2) is 50.6 Å². The van der Waals surface area contributed by atoms with Crippen molar-refractivity contribution in [2.24, 2.45) is 0 Å². The van der Waals surface area contributed by atoms with E-state index in [1.165, 1.54) is 11.1 Å². The van der Waals surface area contributed by atoms with Crippen molar-refractivity contribution in [3.05, 3.63) is 41.0 Å². The van der Waals surface area contributed by atoms with E-state index in [0.717, 1.165) is 38.0 Å². The molecule has 4 nitrogen and oxygen atoms in total. The molecule has 1 aromatic carbocycles. The van der Waals surface area contributed by atoms with Crippen LogP contribution in [0.4, 0.5) is 0 Å². The minimum absolute atomic E-state index is 0.0435. The van der Waals surface area contributed by atoms with Crippen molar-refractivity contribution in [3.8, 4) is 5.75 Å². The average molecular weight is 327 g/mol. The molecule has 2 fully saturated rings. The highest BCUT2D eigenvalue weighted by Gasteiger charge is 2.56. The summed E-state index contributed by atoms with van der Waals surface area (Å²) >= 11 is 0. The first-order valence-corrected chi connectivity index (χ1v) is 9.02. The van der Waals surface area contributed by atoms with E-state index in [1.54, 1.807) is 12.7 Å². The Morgan fingerprint density at radius 3 is 2.88 bits per heavy atom. The van der Waals surface area contributed by atoms with Crippen molar-refractivity contribution in [1.82, 2.24) is 4.90 Å². The average Bonchev–Trinajstić information content (AvgIpc) is 3.05. The Morgan fingerprint density at radius 2 is 2.08 bits per heavy atom. The smallest absolute Gasteiger partial charge is 0.173 e. The van der Waals surface area contributed by atoms with Gasteiger partial charge in [-0.2, -0.15) is 0 Å². The van der Waals surface area contributed by atoms with Gasteiger partial charge in [-0.15, -0.1) is 0 Å². The molecule has 0 aromatic heterocycles. The maximum Gasteiger partial charge on any atom is 0.173 e. The van der Waals surface area contributed by atoms with Crippen LogP contribution in [0.15, 0.2) is 29.8 Å². The summed E-state index contributed by atoms with van der Waals surface area (Å²) in [5.74, 6) is 0.537. The fourth-order valence-corrected chi connectivity index (χ4v) is 5.43. The zero-order chi connectivity index (χ0) is 16.4. The van der Waals surface area contributed by atoms with E-state index >= 15 is 0 Å². The second-order valence-electron chi connectivity index (χ2n) is 7.70. The van der Waals surface area contributed by atoms with Crippen LogP contribution in [0, 0.1) is 0 Å². The van der Waals surface area contributed by atoms with Gasteiger partial charge in [0.25, 0.3) is 0 Å².